The van der Waals surface area contributed by atoms with Gasteiger partial charge in [0.1, 0.15) is 17.9 Å². The molecule has 0 spiro atoms. The van der Waals surface area contributed by atoms with E-state index in [9.17, 15) is 13.2 Å². The predicted molar refractivity (Wildman–Crippen MR) is 89.3 cm³/mol. The monoisotopic (exact) mass is 348 g/mol. The van der Waals surface area contributed by atoms with E-state index in [-0.39, 0.29) is 5.75 Å². The molecule has 0 radical (unpaired) electrons. The number of hydrogen-bond donors (Lipinski definition) is 2. The fraction of sp³-hybridized carbons (Fsp3) is 0.176. The number of nitrogens with two attached hydrogens (primary N) is 1. The van der Waals surface area contributed by atoms with Gasteiger partial charge < -0.3 is 15.8 Å². The molecule has 3 N–H and O–H groups in total. The number of fused-ring (bicyclic) bond motifs is 1. The van der Waals surface area contributed by atoms with E-state index in [1.807, 2.05) is 0 Å². The highest BCUT2D eigenvalue weighted by molar-refractivity contribution is 5.91. The number of ether oxygens (including phenoxy) is 1. The lowest BCUT2D eigenvalue weighted by Gasteiger charge is -2.11. The molecule has 0 fully saturated rings. The van der Waals surface area contributed by atoms with Crippen molar-refractivity contribution in [2.24, 2.45) is 0 Å². The van der Waals surface area contributed by atoms with Crippen LogP contribution >= 0.6 is 0 Å². The van der Waals surface area contributed by atoms with Crippen LogP contribution in [0.4, 0.5) is 24.7 Å². The first-order valence-electron chi connectivity index (χ1n) is 7.49. The lowest BCUT2D eigenvalue weighted by Crippen LogP contribution is -2.17. The predicted octanol–water partition coefficient (Wildman–Crippen LogP) is 3.77. The number of aromatic nitrogens is 2. The summed E-state index contributed by atoms with van der Waals surface area (Å²) in [5.74, 6) is 0.394. The molecular weight excluding hydrogens is 333 g/mol. The Bertz CT molecular complexity index is 883. The van der Waals surface area contributed by atoms with E-state index in [4.69, 9.17) is 5.73 Å². The molecule has 8 heteroatoms. The van der Waals surface area contributed by atoms with E-state index in [1.165, 1.54) is 24.5 Å². The van der Waals surface area contributed by atoms with Crippen LogP contribution in [0.5, 0.6) is 5.75 Å². The average molecular weight is 348 g/mol. The maximum absolute atomic E-state index is 12.3. The van der Waals surface area contributed by atoms with E-state index in [0.29, 0.717) is 30.0 Å². The molecule has 0 aliphatic rings. The van der Waals surface area contributed by atoms with Crippen molar-refractivity contribution in [2.75, 3.05) is 17.6 Å². The van der Waals surface area contributed by atoms with Crippen molar-refractivity contribution in [1.82, 2.24) is 9.97 Å². The van der Waals surface area contributed by atoms with Crippen molar-refractivity contribution >= 4 is 22.4 Å². The number of benzene rings is 2. The topological polar surface area (TPSA) is 73.1 Å². The second kappa shape index (κ2) is 6.84. The summed E-state index contributed by atoms with van der Waals surface area (Å²) in [6, 6.07) is 11.2. The number of halogens is 3. The van der Waals surface area contributed by atoms with Crippen molar-refractivity contribution in [1.29, 1.82) is 0 Å². The Morgan fingerprint density at radius 1 is 1.08 bits per heavy atom. The van der Waals surface area contributed by atoms with Gasteiger partial charge in [-0.1, -0.05) is 12.1 Å². The highest BCUT2D eigenvalue weighted by Crippen LogP contribution is 2.24. The standard InChI is InChI=1S/C17H15F3N4O/c18-17(19,20)25-13-3-1-2-11(8-13)6-7-22-16-14-9-12(21)4-5-15(14)23-10-24-16/h1-5,8-10H,6-7,21H2,(H,22,23,24). The van der Waals surface area contributed by atoms with E-state index < -0.39 is 6.36 Å². The van der Waals surface area contributed by atoms with Crippen LogP contribution in [0.2, 0.25) is 0 Å². The molecule has 1 heterocycles. The van der Waals surface area contributed by atoms with Gasteiger partial charge >= 0.3 is 6.36 Å². The molecule has 0 atom stereocenters. The van der Waals surface area contributed by atoms with Gasteiger partial charge in [-0.25, -0.2) is 9.97 Å². The summed E-state index contributed by atoms with van der Waals surface area (Å²) in [6.07, 6.45) is -2.75. The zero-order valence-electron chi connectivity index (χ0n) is 13.0. The number of alkyl halides is 3. The molecular formula is C17H15F3N4O. The van der Waals surface area contributed by atoms with Crippen LogP contribution in [0.3, 0.4) is 0 Å². The van der Waals surface area contributed by atoms with Crippen molar-refractivity contribution in [3.63, 3.8) is 0 Å². The third-order valence-corrected chi connectivity index (χ3v) is 3.50. The molecule has 0 saturated carbocycles. The van der Waals surface area contributed by atoms with Crippen LogP contribution in [0.15, 0.2) is 48.8 Å². The van der Waals surface area contributed by atoms with Crippen LogP contribution in [0, 0.1) is 0 Å². The number of anilines is 2. The van der Waals surface area contributed by atoms with Gasteiger partial charge in [-0.2, -0.15) is 0 Å². The Balaban J connectivity index is 1.67. The Morgan fingerprint density at radius 3 is 2.72 bits per heavy atom. The molecule has 0 saturated heterocycles. The van der Waals surface area contributed by atoms with E-state index in [1.54, 1.807) is 24.3 Å². The molecule has 1 aromatic heterocycles. The van der Waals surface area contributed by atoms with Gasteiger partial charge in [-0.3, -0.25) is 0 Å². The summed E-state index contributed by atoms with van der Waals surface area (Å²) in [6.45, 7) is 0.483. The van der Waals surface area contributed by atoms with E-state index in [2.05, 4.69) is 20.0 Å². The first kappa shape index (κ1) is 16.8. The van der Waals surface area contributed by atoms with Crippen molar-refractivity contribution in [2.45, 2.75) is 12.8 Å². The average Bonchev–Trinajstić information content (AvgIpc) is 2.54. The first-order chi connectivity index (χ1) is 11.9. The highest BCUT2D eigenvalue weighted by atomic mass is 19.4. The van der Waals surface area contributed by atoms with Crippen LogP contribution in [0.1, 0.15) is 5.56 Å². The molecule has 3 rings (SSSR count). The molecule has 0 unspecified atom stereocenters. The second-order valence-electron chi connectivity index (χ2n) is 5.37. The van der Waals surface area contributed by atoms with Crippen LogP contribution in [-0.2, 0) is 6.42 Å². The van der Waals surface area contributed by atoms with Gasteiger partial charge in [-0.05, 0) is 42.3 Å². The van der Waals surface area contributed by atoms with Gasteiger partial charge in [0.05, 0.1) is 5.52 Å². The van der Waals surface area contributed by atoms with Gasteiger partial charge in [0, 0.05) is 17.6 Å². The minimum Gasteiger partial charge on any atom is -0.406 e. The van der Waals surface area contributed by atoms with Crippen LogP contribution < -0.4 is 15.8 Å². The lowest BCUT2D eigenvalue weighted by atomic mass is 10.1. The SMILES string of the molecule is Nc1ccc2ncnc(NCCc3cccc(OC(F)(F)F)c3)c2c1. The Hall–Kier alpha value is -3.03. The highest BCUT2D eigenvalue weighted by Gasteiger charge is 2.31. The third-order valence-electron chi connectivity index (χ3n) is 3.50. The van der Waals surface area contributed by atoms with Crippen LogP contribution in [-0.4, -0.2) is 22.9 Å². The van der Waals surface area contributed by atoms with Crippen LogP contribution in [0.25, 0.3) is 10.9 Å². The van der Waals surface area contributed by atoms with Gasteiger partial charge in [0.15, 0.2) is 0 Å². The lowest BCUT2D eigenvalue weighted by molar-refractivity contribution is -0.274. The fourth-order valence-electron chi connectivity index (χ4n) is 2.44. The summed E-state index contributed by atoms with van der Waals surface area (Å²) in [5.41, 5.74) is 7.86. The summed E-state index contributed by atoms with van der Waals surface area (Å²) in [5, 5.41) is 3.95. The quantitative estimate of drug-likeness (QED) is 0.687. The zero-order valence-corrected chi connectivity index (χ0v) is 13.0. The van der Waals surface area contributed by atoms with E-state index in [0.717, 1.165) is 10.9 Å². The number of rotatable bonds is 5. The smallest absolute Gasteiger partial charge is 0.406 e. The molecule has 25 heavy (non-hydrogen) atoms. The van der Waals surface area contributed by atoms with Crippen molar-refractivity contribution in [3.05, 3.63) is 54.4 Å². The van der Waals surface area contributed by atoms with Gasteiger partial charge in [0.2, 0.25) is 0 Å². The molecule has 0 bridgehead atoms. The molecule has 3 aromatic rings. The second-order valence-corrected chi connectivity index (χ2v) is 5.37. The number of nitrogens with one attached hydrogen (secondary N) is 1. The molecule has 0 aliphatic heterocycles. The zero-order chi connectivity index (χ0) is 17.9. The first-order valence-corrected chi connectivity index (χ1v) is 7.49. The Kier molecular flexibility index (Phi) is 4.60. The molecule has 5 nitrogen and oxygen atoms in total. The normalized spacial score (nSPS) is 11.5. The van der Waals surface area contributed by atoms with Crippen molar-refractivity contribution in [3.8, 4) is 5.75 Å². The minimum atomic E-state index is -4.70. The Labute approximate surface area is 141 Å². The summed E-state index contributed by atoms with van der Waals surface area (Å²) >= 11 is 0. The maximum Gasteiger partial charge on any atom is 0.573 e. The Morgan fingerprint density at radius 2 is 1.92 bits per heavy atom. The van der Waals surface area contributed by atoms with Gasteiger partial charge in [0.25, 0.3) is 0 Å². The van der Waals surface area contributed by atoms with E-state index >= 15 is 0 Å². The summed E-state index contributed by atoms with van der Waals surface area (Å²) < 4.78 is 40.7. The number of nitrogens with zero attached hydrogens (tertiary/aromatic N) is 2. The van der Waals surface area contributed by atoms with Crippen molar-refractivity contribution < 1.29 is 17.9 Å². The molecule has 0 aliphatic carbocycles. The molecule has 130 valence electrons. The third kappa shape index (κ3) is 4.50. The van der Waals surface area contributed by atoms with Gasteiger partial charge in [-0.15, -0.1) is 13.2 Å². The molecule has 0 amide bonds. The molecule has 2 aromatic carbocycles. The maximum atomic E-state index is 12.3. The number of hydrogen-bond acceptors (Lipinski definition) is 5. The minimum absolute atomic E-state index is 0.231. The largest absolute Gasteiger partial charge is 0.573 e. The summed E-state index contributed by atoms with van der Waals surface area (Å²) in [7, 11) is 0. The fourth-order valence-corrected chi connectivity index (χ4v) is 2.44. The number of nitrogen functional groups attached to an aromatic ring is 1. The summed E-state index contributed by atoms with van der Waals surface area (Å²) in [4.78, 5) is 8.36.